The summed E-state index contributed by atoms with van der Waals surface area (Å²) >= 11 is 0. The van der Waals surface area contributed by atoms with Crippen LogP contribution in [-0.4, -0.2) is 38.8 Å². The highest BCUT2D eigenvalue weighted by atomic mass is 32.2. The van der Waals surface area contributed by atoms with Crippen LogP contribution in [0.1, 0.15) is 12.8 Å². The SMILES string of the molecule is CN(c1cccnc1)S(=O)(=O)C1CCNCC1. The first-order valence-corrected chi connectivity index (χ1v) is 7.21. The lowest BCUT2D eigenvalue weighted by Crippen LogP contribution is -2.42. The molecule has 17 heavy (non-hydrogen) atoms. The average molecular weight is 255 g/mol. The Bertz CT molecular complexity index is 455. The first kappa shape index (κ1) is 12.3. The van der Waals surface area contributed by atoms with Crippen molar-refractivity contribution < 1.29 is 8.42 Å². The molecule has 0 aromatic carbocycles. The Hall–Kier alpha value is -1.14. The average Bonchev–Trinajstić information content (AvgIpc) is 2.40. The molecule has 0 saturated carbocycles. The van der Waals surface area contributed by atoms with Gasteiger partial charge < -0.3 is 5.32 Å². The number of hydrogen-bond donors (Lipinski definition) is 1. The van der Waals surface area contributed by atoms with Gasteiger partial charge in [0.05, 0.1) is 17.1 Å². The van der Waals surface area contributed by atoms with Crippen LogP contribution in [0.2, 0.25) is 0 Å². The van der Waals surface area contributed by atoms with Crippen LogP contribution in [0.25, 0.3) is 0 Å². The van der Waals surface area contributed by atoms with Gasteiger partial charge in [-0.05, 0) is 38.1 Å². The molecule has 0 atom stereocenters. The summed E-state index contributed by atoms with van der Waals surface area (Å²) in [6, 6.07) is 3.50. The molecule has 94 valence electrons. The molecule has 0 unspecified atom stereocenters. The molecule has 1 aromatic rings. The molecule has 1 aliphatic rings. The minimum Gasteiger partial charge on any atom is -0.317 e. The standard InChI is InChI=1S/C11H17N3O2S/c1-14(10-3-2-6-13-9-10)17(15,16)11-4-7-12-8-5-11/h2-3,6,9,11-12H,4-5,7-8H2,1H3. The lowest BCUT2D eigenvalue weighted by molar-refractivity contribution is 0.495. The number of rotatable bonds is 3. The third kappa shape index (κ3) is 2.58. The highest BCUT2D eigenvalue weighted by Gasteiger charge is 2.31. The van der Waals surface area contributed by atoms with Gasteiger partial charge in [0, 0.05) is 13.2 Å². The first-order chi connectivity index (χ1) is 8.12. The van der Waals surface area contributed by atoms with Gasteiger partial charge in [-0.25, -0.2) is 8.42 Å². The molecule has 1 saturated heterocycles. The van der Waals surface area contributed by atoms with E-state index in [9.17, 15) is 8.42 Å². The van der Waals surface area contributed by atoms with E-state index in [1.54, 1.807) is 31.6 Å². The van der Waals surface area contributed by atoms with Gasteiger partial charge in [-0.15, -0.1) is 0 Å². The van der Waals surface area contributed by atoms with E-state index in [0.29, 0.717) is 18.5 Å². The fraction of sp³-hybridized carbons (Fsp3) is 0.545. The maximum absolute atomic E-state index is 12.4. The van der Waals surface area contributed by atoms with Crippen LogP contribution >= 0.6 is 0 Å². The monoisotopic (exact) mass is 255 g/mol. The van der Waals surface area contributed by atoms with Gasteiger partial charge in [-0.1, -0.05) is 0 Å². The number of anilines is 1. The maximum atomic E-state index is 12.4. The molecular formula is C11H17N3O2S. The van der Waals surface area contributed by atoms with E-state index in [1.807, 2.05) is 0 Å². The Kier molecular flexibility index (Phi) is 3.63. The topological polar surface area (TPSA) is 62.3 Å². The summed E-state index contributed by atoms with van der Waals surface area (Å²) in [5, 5.41) is 2.89. The summed E-state index contributed by atoms with van der Waals surface area (Å²) < 4.78 is 26.1. The number of aromatic nitrogens is 1. The largest absolute Gasteiger partial charge is 0.317 e. The van der Waals surface area contributed by atoms with Crippen molar-refractivity contribution >= 4 is 15.7 Å². The van der Waals surface area contributed by atoms with Crippen LogP contribution in [0, 0.1) is 0 Å². The number of hydrogen-bond acceptors (Lipinski definition) is 4. The van der Waals surface area contributed by atoms with Gasteiger partial charge in [-0.3, -0.25) is 9.29 Å². The molecule has 2 heterocycles. The highest BCUT2D eigenvalue weighted by Crippen LogP contribution is 2.21. The number of sulfonamides is 1. The Morgan fingerprint density at radius 1 is 1.41 bits per heavy atom. The third-order valence-corrected chi connectivity index (χ3v) is 5.39. The summed E-state index contributed by atoms with van der Waals surface area (Å²) in [6.07, 6.45) is 4.55. The molecule has 0 radical (unpaired) electrons. The maximum Gasteiger partial charge on any atom is 0.237 e. The van der Waals surface area contributed by atoms with Gasteiger partial charge in [0.15, 0.2) is 0 Å². The minimum atomic E-state index is -3.26. The number of piperidine rings is 1. The zero-order valence-corrected chi connectivity index (χ0v) is 10.7. The van der Waals surface area contributed by atoms with Gasteiger partial charge in [0.2, 0.25) is 10.0 Å². The van der Waals surface area contributed by atoms with Gasteiger partial charge in [0.25, 0.3) is 0 Å². The molecule has 5 nitrogen and oxygen atoms in total. The van der Waals surface area contributed by atoms with Gasteiger partial charge in [0.1, 0.15) is 0 Å². The summed E-state index contributed by atoms with van der Waals surface area (Å²) in [4.78, 5) is 3.95. The lowest BCUT2D eigenvalue weighted by Gasteiger charge is -2.28. The Morgan fingerprint density at radius 3 is 2.71 bits per heavy atom. The van der Waals surface area contributed by atoms with Crippen molar-refractivity contribution in [1.29, 1.82) is 0 Å². The van der Waals surface area contributed by atoms with Crippen molar-refractivity contribution in [2.75, 3.05) is 24.4 Å². The van der Waals surface area contributed by atoms with Crippen molar-refractivity contribution in [2.24, 2.45) is 0 Å². The molecule has 0 aliphatic carbocycles. The number of nitrogens with one attached hydrogen (secondary N) is 1. The molecular weight excluding hydrogens is 238 g/mol. The van der Waals surface area contributed by atoms with E-state index in [0.717, 1.165) is 13.1 Å². The summed E-state index contributed by atoms with van der Waals surface area (Å²) in [6.45, 7) is 1.54. The second-order valence-corrected chi connectivity index (χ2v) is 6.42. The number of nitrogens with zero attached hydrogens (tertiary/aromatic N) is 2. The second kappa shape index (κ2) is 5.01. The first-order valence-electron chi connectivity index (χ1n) is 5.71. The van der Waals surface area contributed by atoms with E-state index in [4.69, 9.17) is 0 Å². The third-order valence-electron chi connectivity index (χ3n) is 3.10. The quantitative estimate of drug-likeness (QED) is 0.859. The Labute approximate surface area is 102 Å². The Morgan fingerprint density at radius 2 is 2.12 bits per heavy atom. The lowest BCUT2D eigenvalue weighted by atomic mass is 10.2. The van der Waals surface area contributed by atoms with Crippen molar-refractivity contribution in [2.45, 2.75) is 18.1 Å². The normalized spacial score (nSPS) is 17.9. The van der Waals surface area contributed by atoms with Crippen LogP contribution in [0.4, 0.5) is 5.69 Å². The summed E-state index contributed by atoms with van der Waals surface area (Å²) in [7, 11) is -1.67. The summed E-state index contributed by atoms with van der Waals surface area (Å²) in [5.74, 6) is 0. The second-order valence-electron chi connectivity index (χ2n) is 4.17. The summed E-state index contributed by atoms with van der Waals surface area (Å²) in [5.41, 5.74) is 0.617. The zero-order chi connectivity index (χ0) is 12.3. The van der Waals surface area contributed by atoms with Crippen molar-refractivity contribution in [3.63, 3.8) is 0 Å². The van der Waals surface area contributed by atoms with E-state index in [-0.39, 0.29) is 5.25 Å². The van der Waals surface area contributed by atoms with Gasteiger partial charge >= 0.3 is 0 Å². The minimum absolute atomic E-state index is 0.283. The van der Waals surface area contributed by atoms with Crippen LogP contribution in [0.15, 0.2) is 24.5 Å². The number of pyridine rings is 1. The molecule has 1 aromatic heterocycles. The van der Waals surface area contributed by atoms with Crippen LogP contribution < -0.4 is 9.62 Å². The molecule has 1 N–H and O–H groups in total. The molecule has 0 bridgehead atoms. The van der Waals surface area contributed by atoms with Crippen molar-refractivity contribution in [1.82, 2.24) is 10.3 Å². The molecule has 2 rings (SSSR count). The predicted molar refractivity (Wildman–Crippen MR) is 67.5 cm³/mol. The fourth-order valence-electron chi connectivity index (χ4n) is 2.00. The highest BCUT2D eigenvalue weighted by molar-refractivity contribution is 7.93. The smallest absolute Gasteiger partial charge is 0.237 e. The molecule has 0 spiro atoms. The van der Waals surface area contributed by atoms with E-state index >= 15 is 0 Å². The van der Waals surface area contributed by atoms with Gasteiger partial charge in [-0.2, -0.15) is 0 Å². The zero-order valence-electron chi connectivity index (χ0n) is 9.83. The predicted octanol–water partition coefficient (Wildman–Crippen LogP) is 0.600. The van der Waals surface area contributed by atoms with E-state index in [2.05, 4.69) is 10.3 Å². The van der Waals surface area contributed by atoms with Crippen LogP contribution in [-0.2, 0) is 10.0 Å². The fourth-order valence-corrected chi connectivity index (χ4v) is 3.68. The van der Waals surface area contributed by atoms with E-state index < -0.39 is 10.0 Å². The molecule has 0 amide bonds. The van der Waals surface area contributed by atoms with Crippen LogP contribution in [0.5, 0.6) is 0 Å². The molecule has 1 aliphatic heterocycles. The van der Waals surface area contributed by atoms with Crippen LogP contribution in [0.3, 0.4) is 0 Å². The molecule has 1 fully saturated rings. The van der Waals surface area contributed by atoms with Crippen molar-refractivity contribution in [3.05, 3.63) is 24.5 Å². The van der Waals surface area contributed by atoms with Crippen molar-refractivity contribution in [3.8, 4) is 0 Å². The molecule has 6 heteroatoms. The van der Waals surface area contributed by atoms with E-state index in [1.165, 1.54) is 4.31 Å². The Balaban J connectivity index is 2.20.